The van der Waals surface area contributed by atoms with E-state index in [1.165, 1.54) is 38.9 Å². The van der Waals surface area contributed by atoms with Crippen LogP contribution in [0.15, 0.2) is 54.7 Å². The van der Waals surface area contributed by atoms with Gasteiger partial charge in [0, 0.05) is 17.3 Å². The standard InChI is InChI=1S/C30H37N/c1-19(2)22-16-25-26(29(6,7)30(8,9)28(25,4)5)17-23(22)27-15-20(3)24(18-31-27)21-13-11-10-12-14-21/h10-19H,1-9H3. The summed E-state index contributed by atoms with van der Waals surface area (Å²) in [5.41, 5.74) is 10.8. The summed E-state index contributed by atoms with van der Waals surface area (Å²) in [4.78, 5) is 4.98. The van der Waals surface area contributed by atoms with Gasteiger partial charge in [0.05, 0.1) is 5.69 Å². The van der Waals surface area contributed by atoms with Crippen molar-refractivity contribution in [3.63, 3.8) is 0 Å². The number of rotatable bonds is 3. The first-order valence-corrected chi connectivity index (χ1v) is 11.6. The summed E-state index contributed by atoms with van der Waals surface area (Å²) >= 11 is 0. The van der Waals surface area contributed by atoms with E-state index in [-0.39, 0.29) is 16.2 Å². The maximum Gasteiger partial charge on any atom is 0.0708 e. The van der Waals surface area contributed by atoms with Crippen molar-refractivity contribution in [2.24, 2.45) is 5.41 Å². The van der Waals surface area contributed by atoms with Crippen molar-refractivity contribution in [3.8, 4) is 22.4 Å². The molecule has 0 radical (unpaired) electrons. The number of fused-ring (bicyclic) bond motifs is 1. The highest BCUT2D eigenvalue weighted by Crippen LogP contribution is 2.62. The van der Waals surface area contributed by atoms with Gasteiger partial charge in [0.1, 0.15) is 0 Å². The summed E-state index contributed by atoms with van der Waals surface area (Å²) in [7, 11) is 0. The molecule has 0 atom stereocenters. The Hall–Kier alpha value is -2.41. The molecule has 3 aromatic rings. The Morgan fingerprint density at radius 3 is 1.87 bits per heavy atom. The Labute approximate surface area is 189 Å². The Bertz CT molecular complexity index is 1130. The van der Waals surface area contributed by atoms with Gasteiger partial charge in [-0.3, -0.25) is 4.98 Å². The van der Waals surface area contributed by atoms with E-state index in [9.17, 15) is 0 Å². The second kappa shape index (κ2) is 7.05. The molecule has 0 saturated carbocycles. The lowest BCUT2D eigenvalue weighted by Gasteiger charge is -2.44. The highest BCUT2D eigenvalue weighted by Gasteiger charge is 2.57. The smallest absolute Gasteiger partial charge is 0.0708 e. The van der Waals surface area contributed by atoms with Gasteiger partial charge in [-0.05, 0) is 69.0 Å². The Kier molecular flexibility index (Phi) is 4.96. The fraction of sp³-hybridized carbons (Fsp3) is 0.433. The van der Waals surface area contributed by atoms with Crippen LogP contribution in [0.5, 0.6) is 0 Å². The van der Waals surface area contributed by atoms with Crippen LogP contribution < -0.4 is 0 Å². The molecule has 1 nitrogen and oxygen atoms in total. The van der Waals surface area contributed by atoms with E-state index >= 15 is 0 Å². The molecule has 162 valence electrons. The van der Waals surface area contributed by atoms with E-state index in [2.05, 4.69) is 117 Å². The summed E-state index contributed by atoms with van der Waals surface area (Å²) < 4.78 is 0. The molecule has 1 heteroatoms. The molecule has 1 aliphatic carbocycles. The van der Waals surface area contributed by atoms with E-state index in [1.807, 2.05) is 0 Å². The first-order valence-electron chi connectivity index (χ1n) is 11.6. The zero-order chi connectivity index (χ0) is 22.8. The van der Waals surface area contributed by atoms with Crippen molar-refractivity contribution >= 4 is 0 Å². The lowest BCUT2D eigenvalue weighted by molar-refractivity contribution is 0.125. The van der Waals surface area contributed by atoms with Crippen molar-refractivity contribution in [3.05, 3.63) is 77.0 Å². The van der Waals surface area contributed by atoms with Gasteiger partial charge in [-0.15, -0.1) is 0 Å². The predicted molar refractivity (Wildman–Crippen MR) is 134 cm³/mol. The molecule has 0 amide bonds. The zero-order valence-corrected chi connectivity index (χ0v) is 20.7. The quantitative estimate of drug-likeness (QED) is 0.421. The minimum Gasteiger partial charge on any atom is -0.256 e. The van der Waals surface area contributed by atoms with E-state index in [1.54, 1.807) is 0 Å². The average Bonchev–Trinajstić information content (AvgIpc) is 2.82. The van der Waals surface area contributed by atoms with Crippen LogP contribution in [-0.4, -0.2) is 4.98 Å². The summed E-state index contributed by atoms with van der Waals surface area (Å²) in [5, 5.41) is 0. The molecule has 4 rings (SSSR count). The normalized spacial score (nSPS) is 18.3. The third kappa shape index (κ3) is 3.08. The first-order chi connectivity index (χ1) is 14.4. The van der Waals surface area contributed by atoms with Crippen molar-refractivity contribution < 1.29 is 0 Å². The van der Waals surface area contributed by atoms with Gasteiger partial charge in [0.2, 0.25) is 0 Å². The summed E-state index contributed by atoms with van der Waals surface area (Å²) in [6.45, 7) is 21.3. The first kappa shape index (κ1) is 21.8. The zero-order valence-electron chi connectivity index (χ0n) is 20.7. The average molecular weight is 412 g/mol. The minimum atomic E-state index is 0.0924. The van der Waals surface area contributed by atoms with Crippen LogP contribution in [0.2, 0.25) is 0 Å². The summed E-state index contributed by atoms with van der Waals surface area (Å²) in [5.74, 6) is 0.443. The molecular formula is C30H37N. The Morgan fingerprint density at radius 1 is 0.742 bits per heavy atom. The van der Waals surface area contributed by atoms with Gasteiger partial charge in [0.25, 0.3) is 0 Å². The van der Waals surface area contributed by atoms with Gasteiger partial charge in [-0.25, -0.2) is 0 Å². The molecule has 2 aromatic carbocycles. The number of aryl methyl sites for hydroxylation is 1. The summed E-state index contributed by atoms with van der Waals surface area (Å²) in [6, 6.07) is 17.8. The van der Waals surface area contributed by atoms with Crippen LogP contribution in [0.25, 0.3) is 22.4 Å². The second-order valence-electron chi connectivity index (χ2n) is 11.3. The van der Waals surface area contributed by atoms with Gasteiger partial charge in [-0.2, -0.15) is 0 Å². The Morgan fingerprint density at radius 2 is 1.32 bits per heavy atom. The fourth-order valence-corrected chi connectivity index (χ4v) is 5.43. The van der Waals surface area contributed by atoms with Crippen LogP contribution in [0.3, 0.4) is 0 Å². The van der Waals surface area contributed by atoms with Crippen LogP contribution in [0.1, 0.15) is 83.6 Å². The molecule has 0 saturated heterocycles. The molecule has 1 aliphatic rings. The van der Waals surface area contributed by atoms with E-state index < -0.39 is 0 Å². The second-order valence-corrected chi connectivity index (χ2v) is 11.3. The number of nitrogens with zero attached hydrogens (tertiary/aromatic N) is 1. The van der Waals surface area contributed by atoms with E-state index in [0.717, 1.165) is 5.69 Å². The lowest BCUT2D eigenvalue weighted by Crippen LogP contribution is -2.42. The van der Waals surface area contributed by atoms with Gasteiger partial charge >= 0.3 is 0 Å². The number of hydrogen-bond acceptors (Lipinski definition) is 1. The molecule has 1 aromatic heterocycles. The van der Waals surface area contributed by atoms with Crippen molar-refractivity contribution in [2.75, 3.05) is 0 Å². The lowest BCUT2D eigenvalue weighted by atomic mass is 9.59. The predicted octanol–water partition coefficient (Wildman–Crippen LogP) is 8.44. The fourth-order valence-electron chi connectivity index (χ4n) is 5.43. The van der Waals surface area contributed by atoms with Gasteiger partial charge in [-0.1, -0.05) is 91.8 Å². The van der Waals surface area contributed by atoms with Crippen molar-refractivity contribution in [1.29, 1.82) is 0 Å². The third-order valence-corrected chi connectivity index (χ3v) is 8.75. The molecule has 0 N–H and O–H groups in total. The van der Waals surface area contributed by atoms with Gasteiger partial charge < -0.3 is 0 Å². The van der Waals surface area contributed by atoms with Crippen LogP contribution in [-0.2, 0) is 10.8 Å². The molecular weight excluding hydrogens is 374 g/mol. The van der Waals surface area contributed by atoms with Crippen LogP contribution >= 0.6 is 0 Å². The number of hydrogen-bond donors (Lipinski definition) is 0. The molecule has 0 unspecified atom stereocenters. The monoisotopic (exact) mass is 411 g/mol. The SMILES string of the molecule is Cc1cc(-c2cc3c(cc2C(C)C)C(C)(C)C(C)(C)C3(C)C)ncc1-c1ccccc1. The molecule has 0 aliphatic heterocycles. The molecule has 0 bridgehead atoms. The topological polar surface area (TPSA) is 12.9 Å². The third-order valence-electron chi connectivity index (χ3n) is 8.75. The molecule has 31 heavy (non-hydrogen) atoms. The molecule has 1 heterocycles. The summed E-state index contributed by atoms with van der Waals surface area (Å²) in [6.07, 6.45) is 2.05. The largest absolute Gasteiger partial charge is 0.256 e. The Balaban J connectivity index is 1.92. The van der Waals surface area contributed by atoms with Crippen molar-refractivity contribution in [2.45, 2.75) is 79.1 Å². The maximum absolute atomic E-state index is 4.98. The number of aromatic nitrogens is 1. The highest BCUT2D eigenvalue weighted by atomic mass is 14.7. The minimum absolute atomic E-state index is 0.0924. The number of benzene rings is 2. The van der Waals surface area contributed by atoms with E-state index in [4.69, 9.17) is 4.98 Å². The maximum atomic E-state index is 4.98. The molecule has 0 spiro atoms. The van der Waals surface area contributed by atoms with E-state index in [0.29, 0.717) is 5.92 Å². The number of pyridine rings is 1. The van der Waals surface area contributed by atoms with Crippen molar-refractivity contribution in [1.82, 2.24) is 4.98 Å². The van der Waals surface area contributed by atoms with Crippen LogP contribution in [0.4, 0.5) is 0 Å². The molecule has 0 fully saturated rings. The highest BCUT2D eigenvalue weighted by molar-refractivity contribution is 5.74. The van der Waals surface area contributed by atoms with Gasteiger partial charge in [0.15, 0.2) is 0 Å². The van der Waals surface area contributed by atoms with Crippen LogP contribution in [0, 0.1) is 12.3 Å².